The topological polar surface area (TPSA) is 64.0 Å². The average molecular weight is 360 g/mol. The molecule has 0 aliphatic rings. The van der Waals surface area contributed by atoms with Crippen LogP contribution in [0.15, 0.2) is 58.7 Å². The third kappa shape index (κ3) is 4.10. The van der Waals surface area contributed by atoms with Crippen LogP contribution in [0.3, 0.4) is 0 Å². The molecule has 1 aromatic carbocycles. The number of carbonyl (C=O) groups is 1. The van der Waals surface area contributed by atoms with Crippen molar-refractivity contribution in [2.24, 2.45) is 0 Å². The third-order valence-corrected chi connectivity index (χ3v) is 4.47. The van der Waals surface area contributed by atoms with Crippen LogP contribution >= 0.6 is 22.9 Å². The molecule has 0 radical (unpaired) electrons. The summed E-state index contributed by atoms with van der Waals surface area (Å²) in [4.78, 5) is 25.0. The van der Waals surface area contributed by atoms with Crippen LogP contribution in [0.5, 0.6) is 0 Å². The van der Waals surface area contributed by atoms with Crippen molar-refractivity contribution >= 4 is 28.8 Å². The van der Waals surface area contributed by atoms with E-state index in [-0.39, 0.29) is 18.0 Å². The maximum Gasteiger partial charge on any atom is 0.267 e. The first-order valence-corrected chi connectivity index (χ1v) is 8.51. The van der Waals surface area contributed by atoms with Crippen LogP contribution in [0.1, 0.15) is 4.88 Å². The molecule has 0 fully saturated rings. The van der Waals surface area contributed by atoms with Gasteiger partial charge in [0.15, 0.2) is 0 Å². The van der Waals surface area contributed by atoms with Gasteiger partial charge in [0, 0.05) is 21.5 Å². The summed E-state index contributed by atoms with van der Waals surface area (Å²) in [6, 6.07) is 14.0. The van der Waals surface area contributed by atoms with E-state index in [2.05, 4.69) is 10.4 Å². The highest BCUT2D eigenvalue weighted by Gasteiger charge is 2.08. The summed E-state index contributed by atoms with van der Waals surface area (Å²) in [5.41, 5.74) is 1.11. The second-order valence-electron chi connectivity index (χ2n) is 5.08. The first kappa shape index (κ1) is 16.4. The smallest absolute Gasteiger partial charge is 0.267 e. The maximum atomic E-state index is 12.0. The largest absolute Gasteiger partial charge is 0.350 e. The van der Waals surface area contributed by atoms with Crippen molar-refractivity contribution in [2.75, 3.05) is 0 Å². The van der Waals surface area contributed by atoms with Gasteiger partial charge in [0.1, 0.15) is 6.54 Å². The summed E-state index contributed by atoms with van der Waals surface area (Å²) >= 11 is 7.44. The average Bonchev–Trinajstić information content (AvgIpc) is 3.09. The molecular formula is C17H14ClN3O2S. The highest BCUT2D eigenvalue weighted by atomic mass is 35.5. The number of hydrogen-bond donors (Lipinski definition) is 1. The zero-order chi connectivity index (χ0) is 16.9. The first-order chi connectivity index (χ1) is 11.6. The van der Waals surface area contributed by atoms with Gasteiger partial charge in [0.2, 0.25) is 5.91 Å². The normalized spacial score (nSPS) is 10.5. The summed E-state index contributed by atoms with van der Waals surface area (Å²) in [6.45, 7) is 0.327. The number of hydrogen-bond acceptors (Lipinski definition) is 4. The first-order valence-electron chi connectivity index (χ1n) is 7.25. The molecule has 2 aromatic heterocycles. The predicted octanol–water partition coefficient (Wildman–Crippen LogP) is 2.94. The monoisotopic (exact) mass is 359 g/mol. The predicted molar refractivity (Wildman–Crippen MR) is 95.1 cm³/mol. The highest BCUT2D eigenvalue weighted by molar-refractivity contribution is 7.09. The summed E-state index contributed by atoms with van der Waals surface area (Å²) in [5, 5.41) is 9.61. The fourth-order valence-electron chi connectivity index (χ4n) is 2.13. The van der Waals surface area contributed by atoms with Gasteiger partial charge in [-0.05, 0) is 29.6 Å². The Hall–Kier alpha value is -2.44. The van der Waals surface area contributed by atoms with Crippen molar-refractivity contribution in [2.45, 2.75) is 13.1 Å². The van der Waals surface area contributed by atoms with Crippen LogP contribution in [-0.2, 0) is 17.9 Å². The van der Waals surface area contributed by atoms with Crippen molar-refractivity contribution in [1.82, 2.24) is 15.1 Å². The lowest BCUT2D eigenvalue weighted by Gasteiger charge is -2.08. The number of thiophene rings is 1. The zero-order valence-corrected chi connectivity index (χ0v) is 14.2. The van der Waals surface area contributed by atoms with Gasteiger partial charge in [-0.3, -0.25) is 9.59 Å². The summed E-state index contributed by atoms with van der Waals surface area (Å²) in [6.07, 6.45) is 0. The molecule has 24 heavy (non-hydrogen) atoms. The number of aromatic nitrogens is 2. The van der Waals surface area contributed by atoms with Crippen molar-refractivity contribution in [3.63, 3.8) is 0 Å². The molecule has 0 bridgehead atoms. The molecule has 0 spiro atoms. The number of nitrogens with zero attached hydrogens (tertiary/aromatic N) is 2. The lowest BCUT2D eigenvalue weighted by Crippen LogP contribution is -2.33. The quantitative estimate of drug-likeness (QED) is 0.761. The molecule has 0 saturated heterocycles. The standard InChI is InChI=1S/C17H14ClN3O2S/c18-13-5-3-12(4-6-13)15-7-8-17(23)21(20-15)11-16(22)19-10-14-2-1-9-24-14/h1-9H,10-11H2,(H,19,22). The van der Waals surface area contributed by atoms with Gasteiger partial charge >= 0.3 is 0 Å². The molecule has 0 aliphatic carbocycles. The van der Waals surface area contributed by atoms with Crippen molar-refractivity contribution < 1.29 is 4.79 Å². The van der Waals surface area contributed by atoms with Gasteiger partial charge in [0.25, 0.3) is 5.56 Å². The Morgan fingerprint density at radius 2 is 1.96 bits per heavy atom. The zero-order valence-electron chi connectivity index (χ0n) is 12.6. The summed E-state index contributed by atoms with van der Waals surface area (Å²) < 4.78 is 1.16. The lowest BCUT2D eigenvalue weighted by atomic mass is 10.1. The van der Waals surface area contributed by atoms with Crippen LogP contribution in [0.2, 0.25) is 5.02 Å². The molecule has 3 rings (SSSR count). The Balaban J connectivity index is 1.73. The van der Waals surface area contributed by atoms with E-state index in [1.54, 1.807) is 29.5 Å². The maximum absolute atomic E-state index is 12.0. The van der Waals surface area contributed by atoms with Gasteiger partial charge in [-0.1, -0.05) is 29.8 Å². The second kappa shape index (κ2) is 7.42. The number of rotatable bonds is 5. The minimum Gasteiger partial charge on any atom is -0.350 e. The van der Waals surface area contributed by atoms with Gasteiger partial charge in [-0.2, -0.15) is 5.10 Å². The van der Waals surface area contributed by atoms with E-state index >= 15 is 0 Å². The van der Waals surface area contributed by atoms with Gasteiger partial charge < -0.3 is 5.32 Å². The molecule has 0 atom stereocenters. The van der Waals surface area contributed by atoms with Gasteiger partial charge in [-0.25, -0.2) is 4.68 Å². The van der Waals surface area contributed by atoms with Crippen molar-refractivity contribution in [3.05, 3.63) is 74.2 Å². The van der Waals surface area contributed by atoms with Gasteiger partial charge in [0.05, 0.1) is 12.2 Å². The Kier molecular flexibility index (Phi) is 5.08. The molecular weight excluding hydrogens is 346 g/mol. The van der Waals surface area contributed by atoms with E-state index in [1.165, 1.54) is 6.07 Å². The Morgan fingerprint density at radius 1 is 1.17 bits per heavy atom. The van der Waals surface area contributed by atoms with Crippen LogP contribution in [0.4, 0.5) is 0 Å². The van der Waals surface area contributed by atoms with E-state index in [1.807, 2.05) is 29.6 Å². The molecule has 0 saturated carbocycles. The van der Waals surface area contributed by atoms with Crippen LogP contribution in [0.25, 0.3) is 11.3 Å². The molecule has 1 N–H and O–H groups in total. The molecule has 2 heterocycles. The second-order valence-corrected chi connectivity index (χ2v) is 6.55. The Bertz CT molecular complexity index is 889. The van der Waals surface area contributed by atoms with Crippen LogP contribution in [0, 0.1) is 0 Å². The van der Waals surface area contributed by atoms with Gasteiger partial charge in [-0.15, -0.1) is 11.3 Å². The van der Waals surface area contributed by atoms with Crippen LogP contribution in [-0.4, -0.2) is 15.7 Å². The summed E-state index contributed by atoms with van der Waals surface area (Å²) in [5.74, 6) is -0.258. The number of carbonyl (C=O) groups excluding carboxylic acids is 1. The van der Waals surface area contributed by atoms with E-state index in [0.717, 1.165) is 15.1 Å². The van der Waals surface area contributed by atoms with E-state index in [4.69, 9.17) is 11.6 Å². The number of benzene rings is 1. The number of halogens is 1. The summed E-state index contributed by atoms with van der Waals surface area (Å²) in [7, 11) is 0. The minimum absolute atomic E-state index is 0.119. The third-order valence-electron chi connectivity index (χ3n) is 3.34. The Labute approximate surface area is 147 Å². The molecule has 0 unspecified atom stereocenters. The van der Waals surface area contributed by atoms with Crippen LogP contribution < -0.4 is 10.9 Å². The SMILES string of the molecule is O=C(Cn1nc(-c2ccc(Cl)cc2)ccc1=O)NCc1cccs1. The van der Waals surface area contributed by atoms with Crippen molar-refractivity contribution in [1.29, 1.82) is 0 Å². The Morgan fingerprint density at radius 3 is 2.67 bits per heavy atom. The van der Waals surface area contributed by atoms with Crippen molar-refractivity contribution in [3.8, 4) is 11.3 Å². The lowest BCUT2D eigenvalue weighted by molar-refractivity contribution is -0.122. The molecule has 0 aliphatic heterocycles. The van der Waals surface area contributed by atoms with E-state index in [9.17, 15) is 9.59 Å². The molecule has 122 valence electrons. The molecule has 7 heteroatoms. The number of amides is 1. The highest BCUT2D eigenvalue weighted by Crippen LogP contribution is 2.18. The number of nitrogens with one attached hydrogen (secondary N) is 1. The minimum atomic E-state index is -0.320. The molecule has 5 nitrogen and oxygen atoms in total. The fraction of sp³-hybridized carbons (Fsp3) is 0.118. The van der Waals surface area contributed by atoms with E-state index in [0.29, 0.717) is 17.3 Å². The fourth-order valence-corrected chi connectivity index (χ4v) is 2.90. The molecule has 3 aromatic rings. The molecule has 1 amide bonds. The van der Waals surface area contributed by atoms with E-state index < -0.39 is 0 Å².